The number of amides is 3. The first-order chi connectivity index (χ1) is 21.4. The molecule has 0 spiro atoms. The van der Waals surface area contributed by atoms with E-state index in [2.05, 4.69) is 33.0 Å². The molecule has 0 saturated carbocycles. The minimum atomic E-state index is -0.977. The summed E-state index contributed by atoms with van der Waals surface area (Å²) in [6, 6.07) is 15.9. The van der Waals surface area contributed by atoms with Crippen LogP contribution in [0, 0.1) is 5.92 Å². The predicted molar refractivity (Wildman–Crippen MR) is 175 cm³/mol. The van der Waals surface area contributed by atoms with E-state index in [0.29, 0.717) is 38.3 Å². The number of nitrogens with one attached hydrogen (secondary N) is 3. The summed E-state index contributed by atoms with van der Waals surface area (Å²) in [7, 11) is 0. The van der Waals surface area contributed by atoms with Gasteiger partial charge in [-0.3, -0.25) is 24.2 Å². The van der Waals surface area contributed by atoms with Crippen LogP contribution in [0.25, 0.3) is 0 Å². The molecule has 1 saturated heterocycles. The van der Waals surface area contributed by atoms with Crippen molar-refractivity contribution < 1.29 is 24.2 Å². The first kappa shape index (κ1) is 34.4. The fourth-order valence-electron chi connectivity index (χ4n) is 5.88. The molecule has 45 heavy (non-hydrogen) atoms. The van der Waals surface area contributed by atoms with E-state index in [-0.39, 0.29) is 36.6 Å². The van der Waals surface area contributed by atoms with Gasteiger partial charge in [0.05, 0.1) is 18.8 Å². The molecule has 3 aliphatic heterocycles. The quantitative estimate of drug-likeness (QED) is 0.375. The van der Waals surface area contributed by atoms with Gasteiger partial charge >= 0.3 is 0 Å². The lowest BCUT2D eigenvalue weighted by atomic mass is 9.97. The zero-order valence-electron chi connectivity index (χ0n) is 27.4. The minimum Gasteiger partial charge on any atom is -0.494 e. The summed E-state index contributed by atoms with van der Waals surface area (Å²) >= 11 is 0. The summed E-state index contributed by atoms with van der Waals surface area (Å²) in [5.41, 5.74) is 1.71. The Labute approximate surface area is 267 Å². The van der Waals surface area contributed by atoms with Gasteiger partial charge in [-0.1, -0.05) is 56.3 Å². The molecule has 10 nitrogen and oxygen atoms in total. The second-order valence-corrected chi connectivity index (χ2v) is 13.7. The Hall–Kier alpha value is -3.47. The first-order valence-electron chi connectivity index (χ1n) is 16.2. The van der Waals surface area contributed by atoms with E-state index in [4.69, 9.17) is 4.74 Å². The maximum atomic E-state index is 13.6. The molecule has 2 aromatic rings. The number of aliphatic hydroxyl groups excluding tert-OH is 1. The number of hydrogen-bond donors (Lipinski definition) is 4. The fraction of sp³-hybridized carbons (Fsp3) is 0.571. The highest BCUT2D eigenvalue weighted by Gasteiger charge is 2.37. The lowest BCUT2D eigenvalue weighted by molar-refractivity contribution is -0.133. The van der Waals surface area contributed by atoms with Gasteiger partial charge in [0.2, 0.25) is 17.7 Å². The third-order valence-corrected chi connectivity index (χ3v) is 8.30. The molecule has 5 rings (SSSR count). The highest BCUT2D eigenvalue weighted by molar-refractivity contribution is 5.88. The van der Waals surface area contributed by atoms with Gasteiger partial charge in [0, 0.05) is 44.7 Å². The van der Waals surface area contributed by atoms with Crippen LogP contribution in [0.4, 0.5) is 0 Å². The number of fused-ring (bicyclic) bond motifs is 12. The van der Waals surface area contributed by atoms with Gasteiger partial charge in [-0.25, -0.2) is 0 Å². The standard InChI is InChI=1S/C35H51N5O5/c1-24(2)32-34(44)36-28(20-25-13-15-27(16-14-25)45-19-9-12-31(42)37-32)30(41)23-40-18-17-39(21-26-10-7-6-8-11-26)22-29(40)33(43)38-35(3,4)5/h6-8,10-11,13-16,24,28-30,32,41H,9,12,17-23H2,1-5H3,(H,36,44)(H,37,42)(H,38,43). The molecule has 2 aromatic carbocycles. The van der Waals surface area contributed by atoms with E-state index in [9.17, 15) is 19.5 Å². The molecule has 1 fully saturated rings. The van der Waals surface area contributed by atoms with Crippen molar-refractivity contribution in [2.45, 2.75) is 90.2 Å². The molecule has 4 N–H and O–H groups in total. The molecule has 3 amide bonds. The number of hydrogen-bond acceptors (Lipinski definition) is 7. The van der Waals surface area contributed by atoms with Gasteiger partial charge in [-0.05, 0) is 62.8 Å². The van der Waals surface area contributed by atoms with Crippen molar-refractivity contribution in [2.75, 3.05) is 32.8 Å². The number of benzene rings is 2. The van der Waals surface area contributed by atoms with E-state index >= 15 is 0 Å². The second kappa shape index (κ2) is 15.7. The maximum Gasteiger partial charge on any atom is 0.243 e. The number of β-amino-alcohol motifs (C(OH)–C–C–N with tert-alkyl or cyclic N) is 1. The lowest BCUT2D eigenvalue weighted by Gasteiger charge is -2.43. The average Bonchev–Trinajstić information content (AvgIpc) is 2.99. The molecular formula is C35H51N5O5. The third-order valence-electron chi connectivity index (χ3n) is 8.30. The third kappa shape index (κ3) is 10.5. The Balaban J connectivity index is 1.55. The summed E-state index contributed by atoms with van der Waals surface area (Å²) in [6.45, 7) is 12.8. The van der Waals surface area contributed by atoms with Crippen LogP contribution >= 0.6 is 0 Å². The molecule has 3 aliphatic rings. The second-order valence-electron chi connectivity index (χ2n) is 13.7. The number of nitrogens with zero attached hydrogens (tertiary/aromatic N) is 2. The Morgan fingerprint density at radius 1 is 1.04 bits per heavy atom. The number of aliphatic hydroxyl groups is 1. The number of carbonyl (C=O) groups excluding carboxylic acids is 3. The van der Waals surface area contributed by atoms with Crippen LogP contribution in [0.15, 0.2) is 54.6 Å². The normalized spacial score (nSPS) is 23.3. The van der Waals surface area contributed by atoms with Gasteiger partial charge in [0.25, 0.3) is 0 Å². The molecule has 2 bridgehead atoms. The van der Waals surface area contributed by atoms with E-state index in [1.165, 1.54) is 5.56 Å². The number of piperazine rings is 1. The van der Waals surface area contributed by atoms with Gasteiger partial charge in [0.1, 0.15) is 17.8 Å². The molecule has 0 aromatic heterocycles. The molecule has 4 atom stereocenters. The summed E-state index contributed by atoms with van der Waals surface area (Å²) < 4.78 is 5.81. The van der Waals surface area contributed by atoms with Gasteiger partial charge in [0.15, 0.2) is 0 Å². The Kier molecular flexibility index (Phi) is 12.0. The maximum absolute atomic E-state index is 13.6. The Morgan fingerprint density at radius 2 is 1.76 bits per heavy atom. The van der Waals surface area contributed by atoms with Crippen molar-refractivity contribution in [1.29, 1.82) is 0 Å². The van der Waals surface area contributed by atoms with Crippen molar-refractivity contribution >= 4 is 17.7 Å². The number of rotatable bonds is 7. The van der Waals surface area contributed by atoms with Crippen LogP contribution in [0.1, 0.15) is 58.6 Å². The van der Waals surface area contributed by atoms with Crippen molar-refractivity contribution in [1.82, 2.24) is 25.8 Å². The molecule has 10 heteroatoms. The van der Waals surface area contributed by atoms with Gasteiger partial charge < -0.3 is 25.8 Å². The molecule has 0 aliphatic carbocycles. The predicted octanol–water partition coefficient (Wildman–Crippen LogP) is 2.49. The van der Waals surface area contributed by atoms with Gasteiger partial charge in [-0.15, -0.1) is 0 Å². The van der Waals surface area contributed by atoms with Crippen LogP contribution in [0.5, 0.6) is 5.75 Å². The minimum absolute atomic E-state index is 0.0863. The van der Waals surface area contributed by atoms with E-state index in [0.717, 1.165) is 18.7 Å². The van der Waals surface area contributed by atoms with Crippen molar-refractivity contribution in [3.8, 4) is 5.75 Å². The molecule has 3 heterocycles. The summed E-state index contributed by atoms with van der Waals surface area (Å²) in [4.78, 5) is 44.2. The monoisotopic (exact) mass is 621 g/mol. The summed E-state index contributed by atoms with van der Waals surface area (Å²) in [5, 5.41) is 20.8. The van der Waals surface area contributed by atoms with Crippen LogP contribution in [0.3, 0.4) is 0 Å². The molecule has 4 unspecified atom stereocenters. The zero-order chi connectivity index (χ0) is 32.6. The largest absolute Gasteiger partial charge is 0.494 e. The molecule has 246 valence electrons. The van der Waals surface area contributed by atoms with Crippen molar-refractivity contribution in [2.24, 2.45) is 5.92 Å². The SMILES string of the molecule is CC(C)C1NC(=O)CCCOc2ccc(cc2)CC(C(O)CN2CCN(Cc3ccccc3)CC2C(=O)NC(C)(C)C)NC1=O. The van der Waals surface area contributed by atoms with E-state index in [1.54, 1.807) is 0 Å². The van der Waals surface area contributed by atoms with Crippen LogP contribution in [0.2, 0.25) is 0 Å². The van der Waals surface area contributed by atoms with Crippen molar-refractivity contribution in [3.63, 3.8) is 0 Å². The van der Waals surface area contributed by atoms with Crippen molar-refractivity contribution in [3.05, 3.63) is 65.7 Å². The van der Waals surface area contributed by atoms with Crippen LogP contribution < -0.4 is 20.7 Å². The Morgan fingerprint density at radius 3 is 2.42 bits per heavy atom. The highest BCUT2D eigenvalue weighted by atomic mass is 16.5. The zero-order valence-corrected chi connectivity index (χ0v) is 27.4. The molecule has 0 radical (unpaired) electrons. The number of carbonyl (C=O) groups is 3. The number of ether oxygens (including phenoxy) is 1. The first-order valence-corrected chi connectivity index (χ1v) is 16.2. The van der Waals surface area contributed by atoms with Crippen LogP contribution in [-0.4, -0.2) is 95.2 Å². The fourth-order valence-corrected chi connectivity index (χ4v) is 5.88. The average molecular weight is 622 g/mol. The lowest BCUT2D eigenvalue weighted by Crippen LogP contribution is -2.63. The van der Waals surface area contributed by atoms with Gasteiger partial charge in [-0.2, -0.15) is 0 Å². The summed E-state index contributed by atoms with van der Waals surface area (Å²) in [6.07, 6.45) is 0.173. The summed E-state index contributed by atoms with van der Waals surface area (Å²) in [5.74, 6) is -0.0798. The molecular weight excluding hydrogens is 570 g/mol. The highest BCUT2D eigenvalue weighted by Crippen LogP contribution is 2.19. The van der Waals surface area contributed by atoms with Crippen LogP contribution in [-0.2, 0) is 27.3 Å². The van der Waals surface area contributed by atoms with E-state index in [1.807, 2.05) is 82.0 Å². The Bertz CT molecular complexity index is 1260. The smallest absolute Gasteiger partial charge is 0.243 e. The topological polar surface area (TPSA) is 123 Å². The van der Waals surface area contributed by atoms with E-state index < -0.39 is 29.8 Å².